The summed E-state index contributed by atoms with van der Waals surface area (Å²) in [5.41, 5.74) is 0.822. The largest absolute Gasteiger partial charge is 0.481 e. The Bertz CT molecular complexity index is 944. The van der Waals surface area contributed by atoms with E-state index in [2.05, 4.69) is 26.9 Å². The number of piperidine rings is 1. The third-order valence-corrected chi connectivity index (χ3v) is 6.47. The van der Waals surface area contributed by atoms with Gasteiger partial charge in [0.25, 0.3) is 0 Å². The van der Waals surface area contributed by atoms with Crippen molar-refractivity contribution in [2.75, 3.05) is 33.9 Å². The van der Waals surface area contributed by atoms with E-state index in [9.17, 15) is 5.11 Å². The van der Waals surface area contributed by atoms with Crippen molar-refractivity contribution in [1.29, 1.82) is 0 Å². The smallest absolute Gasteiger partial charge is 0.319 e. The van der Waals surface area contributed by atoms with Crippen molar-refractivity contribution >= 4 is 0 Å². The number of terminal acetylenes is 1. The lowest BCUT2D eigenvalue weighted by Gasteiger charge is -2.53. The van der Waals surface area contributed by atoms with Crippen LogP contribution in [-0.2, 0) is 12.1 Å². The van der Waals surface area contributed by atoms with Crippen molar-refractivity contribution in [2.24, 2.45) is 11.8 Å². The molecule has 1 N–H and O–H groups in total. The van der Waals surface area contributed by atoms with Gasteiger partial charge in [-0.3, -0.25) is 4.90 Å². The maximum atomic E-state index is 12.0. The summed E-state index contributed by atoms with van der Waals surface area (Å²) in [6, 6.07) is 8.27. The third kappa shape index (κ3) is 4.18. The Morgan fingerprint density at radius 1 is 1.23 bits per heavy atom. The lowest BCUT2D eigenvalue weighted by molar-refractivity contribution is -0.149. The fourth-order valence-electron chi connectivity index (χ4n) is 5.11. The maximum absolute atomic E-state index is 12.0. The van der Waals surface area contributed by atoms with Crippen LogP contribution in [0.5, 0.6) is 17.6 Å². The molecule has 4 rings (SSSR count). The molecular weight excluding hydrogens is 394 g/mol. The molecule has 1 aromatic heterocycles. The van der Waals surface area contributed by atoms with Crippen LogP contribution in [0.3, 0.4) is 0 Å². The summed E-state index contributed by atoms with van der Waals surface area (Å²) in [7, 11) is 3.08. The van der Waals surface area contributed by atoms with E-state index in [1.807, 2.05) is 18.2 Å². The Balaban J connectivity index is 1.55. The Kier molecular flexibility index (Phi) is 6.30. The van der Waals surface area contributed by atoms with E-state index in [-0.39, 0.29) is 24.5 Å². The van der Waals surface area contributed by atoms with Crippen LogP contribution in [0, 0.1) is 24.2 Å². The Morgan fingerprint density at radius 3 is 2.68 bits per heavy atom. The summed E-state index contributed by atoms with van der Waals surface area (Å²) in [5.74, 6) is 3.82. The lowest BCUT2D eigenvalue weighted by atomic mass is 9.63. The van der Waals surface area contributed by atoms with Gasteiger partial charge in [0.1, 0.15) is 18.0 Å². The third-order valence-electron chi connectivity index (χ3n) is 6.47. The molecule has 1 aromatic carbocycles. The number of ether oxygens (including phenoxy) is 3. The van der Waals surface area contributed by atoms with Crippen molar-refractivity contribution < 1.29 is 19.3 Å². The van der Waals surface area contributed by atoms with Crippen LogP contribution in [0.4, 0.5) is 0 Å². The van der Waals surface area contributed by atoms with Gasteiger partial charge in [-0.15, -0.1) is 6.42 Å². The fraction of sp³-hybridized carbons (Fsp3) is 0.500. The molecule has 1 aliphatic heterocycles. The van der Waals surface area contributed by atoms with Crippen molar-refractivity contribution in [1.82, 2.24) is 14.9 Å². The van der Waals surface area contributed by atoms with Crippen molar-refractivity contribution in [3.05, 3.63) is 41.6 Å². The highest BCUT2D eigenvalue weighted by Crippen LogP contribution is 2.51. The van der Waals surface area contributed by atoms with E-state index in [0.29, 0.717) is 11.4 Å². The minimum absolute atomic E-state index is 0.0757. The molecule has 0 spiro atoms. The first-order valence-electron chi connectivity index (χ1n) is 10.6. The summed E-state index contributed by atoms with van der Waals surface area (Å²) < 4.78 is 16.2. The molecule has 2 bridgehead atoms. The standard InChI is InChI=1S/C24H29N3O4/c1-4-11-31-20-10-5-7-17(12-20)14-27-15-18-8-6-9-19(16-27)24(18,28)21-13-25-23(30-3)26-22(21)29-2/h1,5,7,10,12-13,18-19,28H,6,8-9,11,14-16H2,2-3H3/t18-,19-/m0/s1. The van der Waals surface area contributed by atoms with Gasteiger partial charge in [0, 0.05) is 37.7 Å². The zero-order chi connectivity index (χ0) is 21.8. The predicted molar refractivity (Wildman–Crippen MR) is 116 cm³/mol. The van der Waals surface area contributed by atoms with Crippen LogP contribution < -0.4 is 14.2 Å². The van der Waals surface area contributed by atoms with Crippen LogP contribution >= 0.6 is 0 Å². The Hall–Kier alpha value is -2.82. The molecular formula is C24H29N3O4. The normalized spacial score (nSPS) is 25.5. The molecule has 2 aliphatic rings. The van der Waals surface area contributed by atoms with Crippen molar-refractivity contribution in [3.63, 3.8) is 0 Å². The summed E-state index contributed by atoms with van der Waals surface area (Å²) in [5, 5.41) is 12.0. The number of aliphatic hydroxyl groups is 1. The molecule has 2 aromatic rings. The van der Waals surface area contributed by atoms with Crippen molar-refractivity contribution in [3.8, 4) is 30.0 Å². The molecule has 2 heterocycles. The molecule has 31 heavy (non-hydrogen) atoms. The molecule has 7 nitrogen and oxygen atoms in total. The average Bonchev–Trinajstić information content (AvgIpc) is 2.78. The number of aromatic nitrogens is 2. The number of nitrogens with zero attached hydrogens (tertiary/aromatic N) is 3. The maximum Gasteiger partial charge on any atom is 0.319 e. The fourth-order valence-corrected chi connectivity index (χ4v) is 5.11. The van der Waals surface area contributed by atoms with Crippen LogP contribution in [0.2, 0.25) is 0 Å². The summed E-state index contributed by atoms with van der Waals surface area (Å²) in [4.78, 5) is 11.0. The number of fused-ring (bicyclic) bond motifs is 2. The SMILES string of the molecule is C#CCOc1cccc(CN2C[C@@H]3CCC[C@@H](C2)C3(O)c2cnc(OC)nc2OC)c1. The predicted octanol–water partition coefficient (Wildman–Crippen LogP) is 2.63. The second kappa shape index (κ2) is 9.13. The van der Waals surface area contributed by atoms with Crippen LogP contribution in [0.1, 0.15) is 30.4 Å². The van der Waals surface area contributed by atoms with E-state index in [1.165, 1.54) is 12.7 Å². The highest BCUT2D eigenvalue weighted by Gasteiger charge is 2.53. The number of hydrogen-bond acceptors (Lipinski definition) is 7. The first-order valence-corrected chi connectivity index (χ1v) is 10.6. The monoisotopic (exact) mass is 423 g/mol. The van der Waals surface area contributed by atoms with Crippen LogP contribution in [0.15, 0.2) is 30.5 Å². The van der Waals surface area contributed by atoms with Gasteiger partial charge in [0.2, 0.25) is 5.88 Å². The van der Waals surface area contributed by atoms with Gasteiger partial charge in [-0.2, -0.15) is 4.98 Å². The van der Waals surface area contributed by atoms with Gasteiger partial charge >= 0.3 is 6.01 Å². The van der Waals surface area contributed by atoms with Gasteiger partial charge in [0.05, 0.1) is 19.8 Å². The van der Waals surface area contributed by atoms with Gasteiger partial charge in [0.15, 0.2) is 0 Å². The van der Waals surface area contributed by atoms with Gasteiger partial charge in [-0.05, 0) is 30.5 Å². The van der Waals surface area contributed by atoms with E-state index in [1.54, 1.807) is 13.3 Å². The highest BCUT2D eigenvalue weighted by molar-refractivity contribution is 5.35. The van der Waals surface area contributed by atoms with E-state index < -0.39 is 5.60 Å². The molecule has 2 atom stereocenters. The zero-order valence-electron chi connectivity index (χ0n) is 18.1. The minimum atomic E-state index is -1.01. The number of benzene rings is 1. The van der Waals surface area contributed by atoms with Gasteiger partial charge in [-0.25, -0.2) is 4.98 Å². The van der Waals surface area contributed by atoms with Crippen LogP contribution in [0.25, 0.3) is 0 Å². The average molecular weight is 424 g/mol. The molecule has 7 heteroatoms. The summed E-state index contributed by atoms with van der Waals surface area (Å²) >= 11 is 0. The molecule has 1 saturated heterocycles. The number of hydrogen-bond donors (Lipinski definition) is 1. The second-order valence-corrected chi connectivity index (χ2v) is 8.26. The Morgan fingerprint density at radius 2 is 2.00 bits per heavy atom. The molecule has 1 aliphatic carbocycles. The second-order valence-electron chi connectivity index (χ2n) is 8.26. The quantitative estimate of drug-likeness (QED) is 0.686. The number of methoxy groups -OCH3 is 2. The first-order chi connectivity index (χ1) is 15.1. The summed E-state index contributed by atoms with van der Waals surface area (Å²) in [6.45, 7) is 2.64. The Labute approximate surface area is 183 Å². The summed E-state index contributed by atoms with van der Waals surface area (Å²) in [6.07, 6.45) is 9.97. The van der Waals surface area contributed by atoms with Gasteiger partial charge < -0.3 is 19.3 Å². The molecule has 164 valence electrons. The van der Waals surface area contributed by atoms with E-state index >= 15 is 0 Å². The molecule has 1 saturated carbocycles. The van der Waals surface area contributed by atoms with E-state index in [4.69, 9.17) is 20.6 Å². The first kappa shape index (κ1) is 21.4. The molecule has 2 fully saturated rings. The zero-order valence-corrected chi connectivity index (χ0v) is 18.1. The topological polar surface area (TPSA) is 76.9 Å². The van der Waals surface area contributed by atoms with Crippen molar-refractivity contribution in [2.45, 2.75) is 31.4 Å². The molecule has 0 radical (unpaired) electrons. The molecule has 0 unspecified atom stereocenters. The van der Waals surface area contributed by atoms with Crippen LogP contribution in [-0.4, -0.2) is 53.9 Å². The number of rotatable bonds is 7. The minimum Gasteiger partial charge on any atom is -0.481 e. The van der Waals surface area contributed by atoms with E-state index in [0.717, 1.165) is 44.6 Å². The molecule has 0 amide bonds. The lowest BCUT2D eigenvalue weighted by Crippen LogP contribution is -2.58. The highest BCUT2D eigenvalue weighted by atomic mass is 16.5. The van der Waals surface area contributed by atoms with Gasteiger partial charge in [-0.1, -0.05) is 24.5 Å². The number of likely N-dealkylation sites (tertiary alicyclic amines) is 1.